The van der Waals surface area contributed by atoms with Gasteiger partial charge in [-0.2, -0.15) is 0 Å². The molecule has 1 atom stereocenters. The summed E-state index contributed by atoms with van der Waals surface area (Å²) in [7, 11) is 1.61. The Morgan fingerprint density at radius 2 is 2.05 bits per heavy atom. The highest BCUT2D eigenvalue weighted by Gasteiger charge is 2.16. The minimum atomic E-state index is -0.320. The third kappa shape index (κ3) is 3.36. The van der Waals surface area contributed by atoms with Crippen molar-refractivity contribution in [3.63, 3.8) is 0 Å². The van der Waals surface area contributed by atoms with Crippen molar-refractivity contribution in [1.82, 2.24) is 5.43 Å². The molecular weight excluding hydrogens is 323 g/mol. The molecule has 0 aliphatic rings. The fraction of sp³-hybridized carbons (Fsp3) is 0.200. The van der Waals surface area contributed by atoms with E-state index >= 15 is 0 Å². The van der Waals surface area contributed by atoms with Gasteiger partial charge in [0.15, 0.2) is 0 Å². The SMILES string of the molecule is COc1ccc(Br)cc1CC(NN)c1ccccc1F. The van der Waals surface area contributed by atoms with E-state index in [2.05, 4.69) is 21.4 Å². The van der Waals surface area contributed by atoms with Crippen LogP contribution in [0.3, 0.4) is 0 Å². The molecule has 0 amide bonds. The maximum absolute atomic E-state index is 13.9. The first kappa shape index (κ1) is 15.0. The van der Waals surface area contributed by atoms with Crippen LogP contribution >= 0.6 is 15.9 Å². The van der Waals surface area contributed by atoms with Crippen LogP contribution in [0, 0.1) is 5.82 Å². The molecule has 0 bridgehead atoms. The Hall–Kier alpha value is -1.43. The van der Waals surface area contributed by atoms with Crippen molar-refractivity contribution < 1.29 is 9.13 Å². The topological polar surface area (TPSA) is 47.3 Å². The van der Waals surface area contributed by atoms with Crippen LogP contribution in [0.4, 0.5) is 4.39 Å². The third-order valence-corrected chi connectivity index (χ3v) is 3.64. The van der Waals surface area contributed by atoms with E-state index in [0.717, 1.165) is 15.8 Å². The van der Waals surface area contributed by atoms with Crippen molar-refractivity contribution in [2.75, 3.05) is 7.11 Å². The van der Waals surface area contributed by atoms with Crippen LogP contribution in [-0.4, -0.2) is 7.11 Å². The van der Waals surface area contributed by atoms with Gasteiger partial charge in [-0.1, -0.05) is 34.1 Å². The van der Waals surface area contributed by atoms with Gasteiger partial charge in [-0.3, -0.25) is 11.3 Å². The van der Waals surface area contributed by atoms with Crippen LogP contribution in [0.1, 0.15) is 17.2 Å². The molecule has 0 spiro atoms. The molecule has 0 radical (unpaired) electrons. The molecule has 106 valence electrons. The second-order valence-electron chi connectivity index (χ2n) is 4.40. The summed E-state index contributed by atoms with van der Waals surface area (Å²) in [5, 5.41) is 0. The molecule has 20 heavy (non-hydrogen) atoms. The van der Waals surface area contributed by atoms with Crippen molar-refractivity contribution >= 4 is 15.9 Å². The van der Waals surface area contributed by atoms with E-state index in [1.807, 2.05) is 18.2 Å². The zero-order chi connectivity index (χ0) is 14.5. The van der Waals surface area contributed by atoms with E-state index in [4.69, 9.17) is 10.6 Å². The molecule has 3 nitrogen and oxygen atoms in total. The average Bonchev–Trinajstić information content (AvgIpc) is 2.46. The van der Waals surface area contributed by atoms with Crippen LogP contribution < -0.4 is 16.0 Å². The molecule has 3 N–H and O–H groups in total. The van der Waals surface area contributed by atoms with Gasteiger partial charge in [-0.05, 0) is 36.2 Å². The molecule has 0 fully saturated rings. The lowest BCUT2D eigenvalue weighted by atomic mass is 9.98. The van der Waals surface area contributed by atoms with Crippen LogP contribution in [0.25, 0.3) is 0 Å². The molecular formula is C15H16BrFN2O. The van der Waals surface area contributed by atoms with Gasteiger partial charge in [-0.15, -0.1) is 0 Å². The second kappa shape index (κ2) is 6.83. The summed E-state index contributed by atoms with van der Waals surface area (Å²) < 4.78 is 20.1. The standard InChI is InChI=1S/C15H16BrFN2O/c1-20-15-7-6-11(16)8-10(15)9-14(19-18)12-4-2-3-5-13(12)17/h2-8,14,19H,9,18H2,1H3. The smallest absolute Gasteiger partial charge is 0.128 e. The summed E-state index contributed by atoms with van der Waals surface area (Å²) in [5.74, 6) is 6.06. The predicted molar refractivity (Wildman–Crippen MR) is 80.9 cm³/mol. The molecule has 0 aliphatic heterocycles. The Morgan fingerprint density at radius 3 is 2.70 bits per heavy atom. The minimum Gasteiger partial charge on any atom is -0.496 e. The van der Waals surface area contributed by atoms with E-state index in [0.29, 0.717) is 12.0 Å². The number of methoxy groups -OCH3 is 1. The normalized spacial score (nSPS) is 12.2. The van der Waals surface area contributed by atoms with E-state index < -0.39 is 0 Å². The number of hydrogen-bond acceptors (Lipinski definition) is 3. The monoisotopic (exact) mass is 338 g/mol. The van der Waals surface area contributed by atoms with Crippen molar-refractivity contribution in [3.8, 4) is 5.75 Å². The minimum absolute atomic E-state index is 0.274. The summed E-state index contributed by atoms with van der Waals surface area (Å²) in [4.78, 5) is 0. The van der Waals surface area contributed by atoms with Gasteiger partial charge >= 0.3 is 0 Å². The van der Waals surface area contributed by atoms with Gasteiger partial charge in [0.25, 0.3) is 0 Å². The number of ether oxygens (including phenoxy) is 1. The van der Waals surface area contributed by atoms with Crippen molar-refractivity contribution in [3.05, 3.63) is 63.9 Å². The highest BCUT2D eigenvalue weighted by Crippen LogP contribution is 2.28. The van der Waals surface area contributed by atoms with E-state index in [9.17, 15) is 4.39 Å². The number of hydrazine groups is 1. The number of hydrogen-bond donors (Lipinski definition) is 2. The summed E-state index contributed by atoms with van der Waals surface area (Å²) in [6, 6.07) is 12.0. The maximum Gasteiger partial charge on any atom is 0.128 e. The van der Waals surface area contributed by atoms with Gasteiger partial charge < -0.3 is 4.74 Å². The van der Waals surface area contributed by atoms with E-state index in [-0.39, 0.29) is 11.9 Å². The van der Waals surface area contributed by atoms with Crippen molar-refractivity contribution in [1.29, 1.82) is 0 Å². The molecule has 2 aromatic carbocycles. The fourth-order valence-corrected chi connectivity index (χ4v) is 2.55. The lowest BCUT2D eigenvalue weighted by Gasteiger charge is -2.18. The van der Waals surface area contributed by atoms with Gasteiger partial charge in [-0.25, -0.2) is 4.39 Å². The van der Waals surface area contributed by atoms with Gasteiger partial charge in [0.1, 0.15) is 11.6 Å². The fourth-order valence-electron chi connectivity index (χ4n) is 2.14. The first-order valence-electron chi connectivity index (χ1n) is 6.18. The third-order valence-electron chi connectivity index (χ3n) is 3.15. The Morgan fingerprint density at radius 1 is 1.30 bits per heavy atom. The molecule has 0 aliphatic carbocycles. The Balaban J connectivity index is 2.31. The number of halogens is 2. The van der Waals surface area contributed by atoms with Crippen LogP contribution in [0.15, 0.2) is 46.9 Å². The second-order valence-corrected chi connectivity index (χ2v) is 5.32. The van der Waals surface area contributed by atoms with Crippen LogP contribution in [0.5, 0.6) is 5.75 Å². The number of nitrogens with two attached hydrogens (primary N) is 1. The highest BCUT2D eigenvalue weighted by atomic mass is 79.9. The summed E-state index contributed by atoms with van der Waals surface area (Å²) >= 11 is 3.43. The number of benzene rings is 2. The van der Waals surface area contributed by atoms with E-state index in [1.54, 1.807) is 25.3 Å². The summed E-state index contributed by atoms with van der Waals surface area (Å²) in [5.41, 5.74) is 4.16. The van der Waals surface area contributed by atoms with E-state index in [1.165, 1.54) is 6.07 Å². The molecule has 0 saturated heterocycles. The first-order valence-corrected chi connectivity index (χ1v) is 6.98. The van der Waals surface area contributed by atoms with Crippen molar-refractivity contribution in [2.45, 2.75) is 12.5 Å². The molecule has 2 aromatic rings. The Bertz CT molecular complexity index is 592. The summed E-state index contributed by atoms with van der Waals surface area (Å²) in [6.07, 6.45) is 0.528. The zero-order valence-corrected chi connectivity index (χ0v) is 12.7. The molecule has 0 aromatic heterocycles. The molecule has 2 rings (SSSR count). The highest BCUT2D eigenvalue weighted by molar-refractivity contribution is 9.10. The quantitative estimate of drug-likeness (QED) is 0.649. The zero-order valence-electron chi connectivity index (χ0n) is 11.1. The Labute approximate surface area is 126 Å². The molecule has 0 heterocycles. The van der Waals surface area contributed by atoms with Gasteiger partial charge in [0, 0.05) is 10.0 Å². The van der Waals surface area contributed by atoms with Gasteiger partial charge in [0.2, 0.25) is 0 Å². The van der Waals surface area contributed by atoms with Gasteiger partial charge in [0.05, 0.1) is 13.2 Å². The Kier molecular flexibility index (Phi) is 5.11. The first-order chi connectivity index (χ1) is 9.65. The average molecular weight is 339 g/mol. The number of rotatable bonds is 5. The molecule has 0 saturated carbocycles. The predicted octanol–water partition coefficient (Wildman–Crippen LogP) is 3.34. The van der Waals surface area contributed by atoms with Crippen LogP contribution in [0.2, 0.25) is 0 Å². The number of nitrogens with one attached hydrogen (secondary N) is 1. The lowest BCUT2D eigenvalue weighted by molar-refractivity contribution is 0.404. The maximum atomic E-state index is 13.9. The lowest BCUT2D eigenvalue weighted by Crippen LogP contribution is -2.30. The molecule has 5 heteroatoms. The van der Waals surface area contributed by atoms with Crippen LogP contribution in [-0.2, 0) is 6.42 Å². The largest absolute Gasteiger partial charge is 0.496 e. The molecule has 1 unspecified atom stereocenters. The summed E-state index contributed by atoms with van der Waals surface area (Å²) in [6.45, 7) is 0. The van der Waals surface area contributed by atoms with Crippen molar-refractivity contribution in [2.24, 2.45) is 5.84 Å².